The van der Waals surface area contributed by atoms with Gasteiger partial charge in [0.1, 0.15) is 0 Å². The van der Waals surface area contributed by atoms with Gasteiger partial charge < -0.3 is 11.1 Å². The van der Waals surface area contributed by atoms with E-state index in [4.69, 9.17) is 5.73 Å². The van der Waals surface area contributed by atoms with Gasteiger partial charge in [0.05, 0.1) is 6.42 Å². The van der Waals surface area contributed by atoms with Gasteiger partial charge in [-0.2, -0.15) is 0 Å². The number of benzene rings is 2. The van der Waals surface area contributed by atoms with Crippen molar-refractivity contribution < 1.29 is 9.59 Å². The van der Waals surface area contributed by atoms with Crippen LogP contribution in [0, 0.1) is 6.92 Å². The van der Waals surface area contributed by atoms with Crippen LogP contribution in [0.3, 0.4) is 0 Å². The summed E-state index contributed by atoms with van der Waals surface area (Å²) < 4.78 is 0. The number of nitrogens with two attached hydrogens (primary N) is 1. The Kier molecular flexibility index (Phi) is 4.15. The molecule has 0 heterocycles. The molecule has 2 amide bonds. The third-order valence-electron chi connectivity index (χ3n) is 2.90. The Morgan fingerprint density at radius 2 is 1.80 bits per heavy atom. The second-order valence-electron chi connectivity index (χ2n) is 4.66. The minimum absolute atomic E-state index is 0.0950. The zero-order chi connectivity index (χ0) is 14.5. The van der Waals surface area contributed by atoms with Crippen molar-refractivity contribution in [3.63, 3.8) is 0 Å². The number of nitrogens with one attached hydrogen (secondary N) is 1. The van der Waals surface area contributed by atoms with Gasteiger partial charge in [-0.05, 0) is 36.8 Å². The fraction of sp³-hybridized carbons (Fsp3) is 0.125. The molecule has 0 saturated heterocycles. The summed E-state index contributed by atoms with van der Waals surface area (Å²) >= 11 is 0. The SMILES string of the molecule is Cc1cccc(CC(=O)Nc2ccc(C(N)=O)cc2)c1. The molecule has 0 fully saturated rings. The van der Waals surface area contributed by atoms with Gasteiger partial charge in [0.2, 0.25) is 11.8 Å². The third kappa shape index (κ3) is 3.68. The number of rotatable bonds is 4. The van der Waals surface area contributed by atoms with Gasteiger partial charge >= 0.3 is 0 Å². The van der Waals surface area contributed by atoms with Crippen LogP contribution in [0.25, 0.3) is 0 Å². The molecule has 0 aliphatic rings. The van der Waals surface area contributed by atoms with Crippen LogP contribution in [0.5, 0.6) is 0 Å². The summed E-state index contributed by atoms with van der Waals surface area (Å²) in [7, 11) is 0. The fourth-order valence-electron chi connectivity index (χ4n) is 1.93. The molecule has 4 nitrogen and oxygen atoms in total. The van der Waals surface area contributed by atoms with E-state index in [1.807, 2.05) is 31.2 Å². The summed E-state index contributed by atoms with van der Waals surface area (Å²) in [5, 5.41) is 2.78. The predicted molar refractivity (Wildman–Crippen MR) is 78.5 cm³/mol. The second-order valence-corrected chi connectivity index (χ2v) is 4.66. The Hall–Kier alpha value is -2.62. The number of hydrogen-bond acceptors (Lipinski definition) is 2. The first-order valence-electron chi connectivity index (χ1n) is 6.30. The number of carbonyl (C=O) groups is 2. The number of primary amides is 1. The molecule has 0 unspecified atom stereocenters. The molecule has 0 radical (unpaired) electrons. The maximum Gasteiger partial charge on any atom is 0.248 e. The standard InChI is InChI=1S/C16H16N2O2/c1-11-3-2-4-12(9-11)10-15(19)18-14-7-5-13(6-8-14)16(17)20/h2-9H,10H2,1H3,(H2,17,20)(H,18,19). The first-order valence-corrected chi connectivity index (χ1v) is 6.30. The highest BCUT2D eigenvalue weighted by molar-refractivity contribution is 5.95. The minimum atomic E-state index is -0.484. The predicted octanol–water partition coefficient (Wildman–Crippen LogP) is 2.28. The van der Waals surface area contributed by atoms with Crippen LogP contribution in [0.2, 0.25) is 0 Å². The first-order chi connectivity index (χ1) is 9.54. The normalized spacial score (nSPS) is 10.1. The van der Waals surface area contributed by atoms with E-state index >= 15 is 0 Å². The maximum absolute atomic E-state index is 11.9. The average Bonchev–Trinajstić information content (AvgIpc) is 2.39. The summed E-state index contributed by atoms with van der Waals surface area (Å²) in [6.45, 7) is 1.99. The number of hydrogen-bond donors (Lipinski definition) is 2. The Labute approximate surface area is 117 Å². The highest BCUT2D eigenvalue weighted by Crippen LogP contribution is 2.11. The van der Waals surface area contributed by atoms with E-state index < -0.39 is 5.91 Å². The number of amides is 2. The van der Waals surface area contributed by atoms with Gasteiger partial charge in [0, 0.05) is 11.3 Å². The first kappa shape index (κ1) is 13.8. The highest BCUT2D eigenvalue weighted by atomic mass is 16.1. The van der Waals surface area contributed by atoms with Crippen molar-refractivity contribution in [1.29, 1.82) is 0 Å². The van der Waals surface area contributed by atoms with E-state index in [0.29, 0.717) is 17.7 Å². The van der Waals surface area contributed by atoms with E-state index in [0.717, 1.165) is 11.1 Å². The van der Waals surface area contributed by atoms with Crippen molar-refractivity contribution in [1.82, 2.24) is 0 Å². The van der Waals surface area contributed by atoms with Crippen LogP contribution < -0.4 is 11.1 Å². The molecule has 0 aromatic heterocycles. The molecule has 0 saturated carbocycles. The van der Waals surface area contributed by atoms with Crippen molar-refractivity contribution in [3.8, 4) is 0 Å². The smallest absolute Gasteiger partial charge is 0.248 e. The van der Waals surface area contributed by atoms with Crippen LogP contribution in [0.1, 0.15) is 21.5 Å². The van der Waals surface area contributed by atoms with Crippen LogP contribution in [0.4, 0.5) is 5.69 Å². The summed E-state index contributed by atoms with van der Waals surface area (Å²) in [4.78, 5) is 22.9. The molecule has 0 atom stereocenters. The molecule has 0 spiro atoms. The van der Waals surface area contributed by atoms with Gasteiger partial charge in [-0.3, -0.25) is 9.59 Å². The lowest BCUT2D eigenvalue weighted by molar-refractivity contribution is -0.115. The Morgan fingerprint density at radius 1 is 1.10 bits per heavy atom. The molecule has 20 heavy (non-hydrogen) atoms. The van der Waals surface area contributed by atoms with Crippen molar-refractivity contribution in [3.05, 3.63) is 65.2 Å². The zero-order valence-electron chi connectivity index (χ0n) is 11.2. The van der Waals surface area contributed by atoms with E-state index in [-0.39, 0.29) is 5.91 Å². The summed E-state index contributed by atoms with van der Waals surface area (Å²) in [6.07, 6.45) is 0.319. The molecule has 0 aliphatic heterocycles. The molecular formula is C16H16N2O2. The quantitative estimate of drug-likeness (QED) is 0.892. The topological polar surface area (TPSA) is 72.2 Å². The van der Waals surface area contributed by atoms with Gasteiger partial charge in [-0.25, -0.2) is 0 Å². The van der Waals surface area contributed by atoms with E-state index in [2.05, 4.69) is 5.32 Å². The van der Waals surface area contributed by atoms with Crippen molar-refractivity contribution in [2.45, 2.75) is 13.3 Å². The molecule has 2 aromatic rings. The average molecular weight is 268 g/mol. The second kappa shape index (κ2) is 6.02. The zero-order valence-corrected chi connectivity index (χ0v) is 11.2. The lowest BCUT2D eigenvalue weighted by Gasteiger charge is -2.06. The molecular weight excluding hydrogens is 252 g/mol. The minimum Gasteiger partial charge on any atom is -0.366 e. The Bertz CT molecular complexity index is 633. The van der Waals surface area contributed by atoms with Crippen LogP contribution >= 0.6 is 0 Å². The fourth-order valence-corrected chi connectivity index (χ4v) is 1.93. The van der Waals surface area contributed by atoms with E-state index in [9.17, 15) is 9.59 Å². The monoisotopic (exact) mass is 268 g/mol. The molecule has 102 valence electrons. The van der Waals surface area contributed by atoms with Crippen molar-refractivity contribution in [2.75, 3.05) is 5.32 Å². The van der Waals surface area contributed by atoms with E-state index in [1.54, 1.807) is 24.3 Å². The Balaban J connectivity index is 1.99. The summed E-state index contributed by atoms with van der Waals surface area (Å²) in [5.41, 5.74) is 8.31. The van der Waals surface area contributed by atoms with Gasteiger partial charge in [0.25, 0.3) is 0 Å². The number of anilines is 1. The number of aryl methyl sites for hydroxylation is 1. The largest absolute Gasteiger partial charge is 0.366 e. The molecule has 2 rings (SSSR count). The summed E-state index contributed by atoms with van der Waals surface area (Å²) in [6, 6.07) is 14.3. The summed E-state index contributed by atoms with van der Waals surface area (Å²) in [5.74, 6) is -0.579. The van der Waals surface area contributed by atoms with Gasteiger partial charge in [0.15, 0.2) is 0 Å². The molecule has 3 N–H and O–H groups in total. The van der Waals surface area contributed by atoms with Crippen LogP contribution in [0.15, 0.2) is 48.5 Å². The molecule has 0 bridgehead atoms. The van der Waals surface area contributed by atoms with Crippen LogP contribution in [-0.2, 0) is 11.2 Å². The third-order valence-corrected chi connectivity index (χ3v) is 2.90. The molecule has 0 aliphatic carbocycles. The molecule has 2 aromatic carbocycles. The Morgan fingerprint density at radius 3 is 2.40 bits per heavy atom. The van der Waals surface area contributed by atoms with E-state index in [1.165, 1.54) is 0 Å². The highest BCUT2D eigenvalue weighted by Gasteiger charge is 2.05. The number of carbonyl (C=O) groups excluding carboxylic acids is 2. The van der Waals surface area contributed by atoms with Crippen molar-refractivity contribution >= 4 is 17.5 Å². The van der Waals surface area contributed by atoms with Crippen LogP contribution in [-0.4, -0.2) is 11.8 Å². The lowest BCUT2D eigenvalue weighted by atomic mass is 10.1. The lowest BCUT2D eigenvalue weighted by Crippen LogP contribution is -2.15. The maximum atomic E-state index is 11.9. The van der Waals surface area contributed by atoms with Crippen molar-refractivity contribution in [2.24, 2.45) is 5.73 Å². The van der Waals surface area contributed by atoms with Gasteiger partial charge in [-0.1, -0.05) is 29.8 Å². The molecule has 4 heteroatoms. The van der Waals surface area contributed by atoms with Gasteiger partial charge in [-0.15, -0.1) is 0 Å².